The van der Waals surface area contributed by atoms with Gasteiger partial charge in [0.1, 0.15) is 6.21 Å². The molecule has 0 radical (unpaired) electrons. The molecule has 2 unspecified atom stereocenters. The van der Waals surface area contributed by atoms with Gasteiger partial charge in [-0.3, -0.25) is 4.99 Å². The Hall–Kier alpha value is -0.900. The molecule has 0 saturated heterocycles. The standard InChI is InChI=1S/C12H17NO3/c14-10(15)6-13-11-2-8-1-9(3-11)5-12(16,4-8)7-11/h6,8-9,16H,1-5,7H2,(H,14,15)/b13-6+. The number of rotatable bonds is 2. The normalized spacial score (nSPS) is 50.1. The Morgan fingerprint density at radius 2 is 1.88 bits per heavy atom. The SMILES string of the molecule is O=C(O)/C=N/C12CC3CC(CC(O)(C3)C1)C2. The van der Waals surface area contributed by atoms with Gasteiger partial charge in [-0.1, -0.05) is 0 Å². The van der Waals surface area contributed by atoms with Crippen LogP contribution in [0.1, 0.15) is 38.5 Å². The van der Waals surface area contributed by atoms with Crippen molar-refractivity contribution in [1.82, 2.24) is 0 Å². The largest absolute Gasteiger partial charge is 0.477 e. The Bertz CT molecular complexity index is 349. The van der Waals surface area contributed by atoms with Crippen molar-refractivity contribution in [2.24, 2.45) is 16.8 Å². The number of hydrogen-bond acceptors (Lipinski definition) is 3. The molecule has 4 heteroatoms. The van der Waals surface area contributed by atoms with Crippen LogP contribution in [0.4, 0.5) is 0 Å². The number of nitrogens with zero attached hydrogens (tertiary/aromatic N) is 1. The maximum Gasteiger partial charge on any atom is 0.346 e. The molecule has 4 rings (SSSR count). The molecular formula is C12H17NO3. The summed E-state index contributed by atoms with van der Waals surface area (Å²) in [5.41, 5.74) is -0.822. The summed E-state index contributed by atoms with van der Waals surface area (Å²) in [5.74, 6) is 0.122. The highest BCUT2D eigenvalue weighted by Gasteiger charge is 2.57. The van der Waals surface area contributed by atoms with Gasteiger partial charge in [0.25, 0.3) is 0 Å². The van der Waals surface area contributed by atoms with Crippen LogP contribution in [-0.4, -0.2) is 33.5 Å². The summed E-state index contributed by atoms with van der Waals surface area (Å²) in [5, 5.41) is 19.1. The zero-order valence-corrected chi connectivity index (χ0v) is 9.22. The number of hydrogen-bond donors (Lipinski definition) is 2. The van der Waals surface area contributed by atoms with E-state index in [-0.39, 0.29) is 5.54 Å². The van der Waals surface area contributed by atoms with E-state index < -0.39 is 11.6 Å². The van der Waals surface area contributed by atoms with E-state index in [9.17, 15) is 9.90 Å². The highest BCUT2D eigenvalue weighted by molar-refractivity contribution is 6.22. The van der Waals surface area contributed by atoms with Crippen molar-refractivity contribution in [2.45, 2.75) is 49.7 Å². The van der Waals surface area contributed by atoms with Crippen LogP contribution < -0.4 is 0 Å². The van der Waals surface area contributed by atoms with Crippen molar-refractivity contribution in [2.75, 3.05) is 0 Å². The van der Waals surface area contributed by atoms with E-state index in [0.29, 0.717) is 18.3 Å². The summed E-state index contributed by atoms with van der Waals surface area (Å²) in [6, 6.07) is 0. The van der Waals surface area contributed by atoms with Crippen LogP contribution in [0.2, 0.25) is 0 Å². The van der Waals surface area contributed by atoms with Crippen LogP contribution >= 0.6 is 0 Å². The fourth-order valence-electron chi connectivity index (χ4n) is 4.51. The molecule has 88 valence electrons. The first kappa shape index (κ1) is 10.3. The molecule has 4 bridgehead atoms. The van der Waals surface area contributed by atoms with Crippen LogP contribution in [0.25, 0.3) is 0 Å². The summed E-state index contributed by atoms with van der Waals surface area (Å²) in [7, 11) is 0. The minimum absolute atomic E-state index is 0.267. The van der Waals surface area contributed by atoms with E-state index in [1.54, 1.807) is 0 Å². The second-order valence-electron chi connectivity index (χ2n) is 6.01. The lowest BCUT2D eigenvalue weighted by atomic mass is 9.51. The fourth-order valence-corrected chi connectivity index (χ4v) is 4.51. The van der Waals surface area contributed by atoms with Gasteiger partial charge in [-0.15, -0.1) is 0 Å². The molecule has 0 heterocycles. The van der Waals surface area contributed by atoms with Crippen LogP contribution in [0.5, 0.6) is 0 Å². The molecule has 0 aliphatic heterocycles. The van der Waals surface area contributed by atoms with Crippen molar-refractivity contribution in [1.29, 1.82) is 0 Å². The Labute approximate surface area is 94.4 Å². The van der Waals surface area contributed by atoms with Gasteiger partial charge in [0.15, 0.2) is 0 Å². The van der Waals surface area contributed by atoms with Crippen LogP contribution in [-0.2, 0) is 4.79 Å². The van der Waals surface area contributed by atoms with Gasteiger partial charge >= 0.3 is 5.97 Å². The molecule has 0 aromatic rings. The van der Waals surface area contributed by atoms with Gasteiger partial charge < -0.3 is 10.2 Å². The number of carboxylic acids is 1. The number of aliphatic imine (C=N–C) groups is 1. The highest BCUT2D eigenvalue weighted by atomic mass is 16.4. The Balaban J connectivity index is 1.89. The van der Waals surface area contributed by atoms with Gasteiger partial charge in [0.2, 0.25) is 0 Å². The number of aliphatic hydroxyl groups is 1. The second kappa shape index (κ2) is 3.06. The molecule has 0 spiro atoms. The Kier molecular flexibility index (Phi) is 1.97. The Morgan fingerprint density at radius 1 is 1.25 bits per heavy atom. The summed E-state index contributed by atoms with van der Waals surface area (Å²) in [6.45, 7) is 0. The maximum atomic E-state index is 10.6. The molecule has 2 atom stereocenters. The van der Waals surface area contributed by atoms with Crippen molar-refractivity contribution < 1.29 is 15.0 Å². The summed E-state index contributed by atoms with van der Waals surface area (Å²) in [6.07, 6.45) is 6.62. The first-order chi connectivity index (χ1) is 7.49. The predicted molar refractivity (Wildman–Crippen MR) is 58.5 cm³/mol. The fraction of sp³-hybridized carbons (Fsp3) is 0.833. The maximum absolute atomic E-state index is 10.6. The lowest BCUT2D eigenvalue weighted by Gasteiger charge is -2.58. The molecule has 4 saturated carbocycles. The first-order valence-electron chi connectivity index (χ1n) is 5.99. The Morgan fingerprint density at radius 3 is 2.38 bits per heavy atom. The van der Waals surface area contributed by atoms with E-state index >= 15 is 0 Å². The van der Waals surface area contributed by atoms with E-state index in [1.165, 1.54) is 6.42 Å². The zero-order valence-electron chi connectivity index (χ0n) is 9.22. The van der Waals surface area contributed by atoms with E-state index in [4.69, 9.17) is 5.11 Å². The third-order valence-electron chi connectivity index (χ3n) is 4.45. The molecule has 4 aliphatic carbocycles. The molecular weight excluding hydrogens is 206 g/mol. The third-order valence-corrected chi connectivity index (χ3v) is 4.45. The molecule has 0 amide bonds. The van der Waals surface area contributed by atoms with E-state index in [2.05, 4.69) is 4.99 Å². The molecule has 4 aliphatic rings. The predicted octanol–water partition coefficient (Wildman–Crippen LogP) is 1.23. The van der Waals surface area contributed by atoms with E-state index in [1.807, 2.05) is 0 Å². The first-order valence-corrected chi connectivity index (χ1v) is 5.99. The monoisotopic (exact) mass is 223 g/mol. The third kappa shape index (κ3) is 1.56. The lowest BCUT2D eigenvalue weighted by Crippen LogP contribution is -2.58. The lowest BCUT2D eigenvalue weighted by molar-refractivity contribution is -0.134. The molecule has 16 heavy (non-hydrogen) atoms. The average Bonchev–Trinajstić information content (AvgIpc) is 2.10. The molecule has 4 fully saturated rings. The van der Waals surface area contributed by atoms with Crippen LogP contribution in [0.3, 0.4) is 0 Å². The van der Waals surface area contributed by atoms with Gasteiger partial charge in [0, 0.05) is 6.42 Å². The molecule has 0 aromatic heterocycles. The van der Waals surface area contributed by atoms with Crippen molar-refractivity contribution in [3.8, 4) is 0 Å². The zero-order chi connectivity index (χ0) is 11.4. The molecule has 4 nitrogen and oxygen atoms in total. The van der Waals surface area contributed by atoms with Crippen molar-refractivity contribution in [3.05, 3.63) is 0 Å². The minimum Gasteiger partial charge on any atom is -0.477 e. The number of aliphatic carboxylic acids is 1. The quantitative estimate of drug-likeness (QED) is 0.692. The summed E-state index contributed by atoms with van der Waals surface area (Å²) in [4.78, 5) is 14.8. The molecule has 2 N–H and O–H groups in total. The number of carboxylic acid groups (broad SMARTS) is 1. The van der Waals surface area contributed by atoms with Gasteiger partial charge in [-0.25, -0.2) is 4.79 Å². The minimum atomic E-state index is -0.984. The van der Waals surface area contributed by atoms with Crippen molar-refractivity contribution >= 4 is 12.2 Å². The van der Waals surface area contributed by atoms with Gasteiger partial charge in [-0.2, -0.15) is 0 Å². The highest BCUT2D eigenvalue weighted by Crippen LogP contribution is 2.58. The summed E-state index contributed by atoms with van der Waals surface area (Å²) >= 11 is 0. The second-order valence-corrected chi connectivity index (χ2v) is 6.01. The topological polar surface area (TPSA) is 69.9 Å². The number of carbonyl (C=O) groups is 1. The molecule has 0 aromatic carbocycles. The summed E-state index contributed by atoms with van der Waals surface area (Å²) < 4.78 is 0. The van der Waals surface area contributed by atoms with Gasteiger partial charge in [-0.05, 0) is 43.9 Å². The van der Waals surface area contributed by atoms with E-state index in [0.717, 1.165) is 31.9 Å². The van der Waals surface area contributed by atoms with Crippen LogP contribution in [0.15, 0.2) is 4.99 Å². The van der Waals surface area contributed by atoms with Crippen molar-refractivity contribution in [3.63, 3.8) is 0 Å². The van der Waals surface area contributed by atoms with Crippen LogP contribution in [0, 0.1) is 11.8 Å². The average molecular weight is 223 g/mol. The van der Waals surface area contributed by atoms with Gasteiger partial charge in [0.05, 0.1) is 11.1 Å². The smallest absolute Gasteiger partial charge is 0.346 e.